The molecule has 0 fully saturated rings. The Kier molecular flexibility index (Phi) is 6.23. The van der Waals surface area contributed by atoms with E-state index in [4.69, 9.17) is 21.1 Å². The second-order valence-electron chi connectivity index (χ2n) is 4.78. The Morgan fingerprint density at radius 1 is 1.22 bits per heavy atom. The van der Waals surface area contributed by atoms with E-state index < -0.39 is 6.10 Å². The van der Waals surface area contributed by atoms with E-state index in [1.54, 1.807) is 19.1 Å². The first kappa shape index (κ1) is 17.1. The van der Waals surface area contributed by atoms with Gasteiger partial charge in [-0.2, -0.15) is 0 Å². The highest BCUT2D eigenvalue weighted by atomic mass is 35.5. The summed E-state index contributed by atoms with van der Waals surface area (Å²) in [6.45, 7) is 2.23. The topological polar surface area (TPSA) is 47.6 Å². The third kappa shape index (κ3) is 5.45. The summed E-state index contributed by atoms with van der Waals surface area (Å²) in [6, 6.07) is 12.6. The molecule has 122 valence electrons. The molecule has 2 rings (SSSR count). The van der Waals surface area contributed by atoms with Crippen LogP contribution >= 0.6 is 11.6 Å². The van der Waals surface area contributed by atoms with Crippen molar-refractivity contribution in [3.05, 3.63) is 59.4 Å². The number of ether oxygens (including phenoxy) is 2. The fourth-order valence-electron chi connectivity index (χ4n) is 1.81. The van der Waals surface area contributed by atoms with Gasteiger partial charge in [-0.15, -0.1) is 0 Å². The highest BCUT2D eigenvalue weighted by molar-refractivity contribution is 6.32. The van der Waals surface area contributed by atoms with E-state index in [2.05, 4.69) is 5.32 Å². The van der Waals surface area contributed by atoms with Gasteiger partial charge in [-0.3, -0.25) is 4.79 Å². The number of rotatable bonds is 7. The minimum Gasteiger partial charge on any atom is -0.490 e. The Bertz CT molecular complexity index is 649. The lowest BCUT2D eigenvalue weighted by Gasteiger charge is -2.15. The van der Waals surface area contributed by atoms with E-state index in [9.17, 15) is 9.18 Å². The highest BCUT2D eigenvalue weighted by Crippen LogP contribution is 2.22. The molecular weight excluding hydrogens is 321 g/mol. The van der Waals surface area contributed by atoms with E-state index in [1.807, 2.05) is 12.1 Å². The number of halogens is 2. The Hall–Kier alpha value is -2.27. The van der Waals surface area contributed by atoms with Crippen molar-refractivity contribution in [2.45, 2.75) is 13.0 Å². The fraction of sp³-hybridized carbons (Fsp3) is 0.235. The first-order valence-electron chi connectivity index (χ1n) is 7.13. The molecule has 6 heteroatoms. The number of carbonyl (C=O) groups is 1. The van der Waals surface area contributed by atoms with Crippen LogP contribution in [0.2, 0.25) is 5.02 Å². The van der Waals surface area contributed by atoms with Crippen LogP contribution in [0.25, 0.3) is 0 Å². The number of para-hydroxylation sites is 1. The van der Waals surface area contributed by atoms with Gasteiger partial charge in [0.15, 0.2) is 6.10 Å². The van der Waals surface area contributed by atoms with Crippen molar-refractivity contribution in [1.82, 2.24) is 5.32 Å². The molecule has 1 atom stereocenters. The van der Waals surface area contributed by atoms with Crippen molar-refractivity contribution in [3.63, 3.8) is 0 Å². The molecule has 0 saturated heterocycles. The van der Waals surface area contributed by atoms with Crippen LogP contribution < -0.4 is 14.8 Å². The standard InChI is InChI=1S/C17H17ClFNO3/c1-12(23-14-8-6-13(19)7-9-14)17(21)20-10-11-22-16-5-3-2-4-15(16)18/h2-9,12H,10-11H2,1H3,(H,20,21)/t12-/m0/s1. The summed E-state index contributed by atoms with van der Waals surface area (Å²) in [5.41, 5.74) is 0. The maximum Gasteiger partial charge on any atom is 0.260 e. The zero-order chi connectivity index (χ0) is 16.7. The van der Waals surface area contributed by atoms with Gasteiger partial charge in [-0.25, -0.2) is 4.39 Å². The van der Waals surface area contributed by atoms with E-state index >= 15 is 0 Å². The highest BCUT2D eigenvalue weighted by Gasteiger charge is 2.14. The zero-order valence-corrected chi connectivity index (χ0v) is 13.3. The average molecular weight is 338 g/mol. The largest absolute Gasteiger partial charge is 0.490 e. The third-order valence-corrected chi connectivity index (χ3v) is 3.30. The van der Waals surface area contributed by atoms with Crippen LogP contribution in [-0.2, 0) is 4.79 Å². The normalized spacial score (nSPS) is 11.6. The van der Waals surface area contributed by atoms with Gasteiger partial charge >= 0.3 is 0 Å². The second-order valence-corrected chi connectivity index (χ2v) is 5.19. The fourth-order valence-corrected chi connectivity index (χ4v) is 2.00. The van der Waals surface area contributed by atoms with Gasteiger partial charge in [0.1, 0.15) is 23.9 Å². The van der Waals surface area contributed by atoms with Crippen molar-refractivity contribution in [2.75, 3.05) is 13.2 Å². The minimum atomic E-state index is -0.694. The summed E-state index contributed by atoms with van der Waals surface area (Å²) >= 11 is 5.96. The smallest absolute Gasteiger partial charge is 0.260 e. The van der Waals surface area contributed by atoms with Crippen LogP contribution in [-0.4, -0.2) is 25.2 Å². The molecule has 0 aliphatic rings. The molecule has 0 spiro atoms. The zero-order valence-electron chi connectivity index (χ0n) is 12.6. The van der Waals surface area contributed by atoms with Gasteiger partial charge in [-0.1, -0.05) is 23.7 Å². The van der Waals surface area contributed by atoms with Crippen molar-refractivity contribution >= 4 is 17.5 Å². The van der Waals surface area contributed by atoms with Crippen molar-refractivity contribution in [3.8, 4) is 11.5 Å². The molecule has 1 N–H and O–H groups in total. The van der Waals surface area contributed by atoms with Gasteiger partial charge in [0.25, 0.3) is 5.91 Å². The average Bonchev–Trinajstić information content (AvgIpc) is 2.55. The Balaban J connectivity index is 1.72. The van der Waals surface area contributed by atoms with Gasteiger partial charge in [0, 0.05) is 0 Å². The van der Waals surface area contributed by atoms with Gasteiger partial charge < -0.3 is 14.8 Å². The minimum absolute atomic E-state index is 0.280. The first-order valence-corrected chi connectivity index (χ1v) is 7.51. The molecule has 2 aromatic rings. The van der Waals surface area contributed by atoms with E-state index in [1.165, 1.54) is 24.3 Å². The summed E-state index contributed by atoms with van der Waals surface area (Å²) in [4.78, 5) is 11.9. The number of hydrogen-bond acceptors (Lipinski definition) is 3. The number of hydrogen-bond donors (Lipinski definition) is 1. The van der Waals surface area contributed by atoms with Crippen LogP contribution in [0, 0.1) is 5.82 Å². The van der Waals surface area contributed by atoms with Crippen molar-refractivity contribution < 1.29 is 18.7 Å². The predicted molar refractivity (Wildman–Crippen MR) is 86.4 cm³/mol. The number of nitrogens with one attached hydrogen (secondary N) is 1. The maximum absolute atomic E-state index is 12.8. The molecule has 0 aliphatic heterocycles. The summed E-state index contributed by atoms with van der Waals surface area (Å²) in [6.07, 6.45) is -0.694. The number of benzene rings is 2. The molecular formula is C17H17ClFNO3. The lowest BCUT2D eigenvalue weighted by Crippen LogP contribution is -2.38. The SMILES string of the molecule is C[C@H](Oc1ccc(F)cc1)C(=O)NCCOc1ccccc1Cl. The molecule has 0 aliphatic carbocycles. The van der Waals surface area contributed by atoms with E-state index in [0.717, 1.165) is 0 Å². The van der Waals surface area contributed by atoms with E-state index in [0.29, 0.717) is 29.7 Å². The van der Waals surface area contributed by atoms with Crippen LogP contribution in [0.1, 0.15) is 6.92 Å². The molecule has 1 amide bonds. The molecule has 4 nitrogen and oxygen atoms in total. The number of carbonyl (C=O) groups excluding carboxylic acids is 1. The molecule has 0 radical (unpaired) electrons. The van der Waals surface area contributed by atoms with Crippen molar-refractivity contribution in [2.24, 2.45) is 0 Å². The molecule has 0 unspecified atom stereocenters. The van der Waals surface area contributed by atoms with Crippen LogP contribution in [0.4, 0.5) is 4.39 Å². The Labute approximate surface area is 139 Å². The third-order valence-electron chi connectivity index (χ3n) is 2.99. The first-order chi connectivity index (χ1) is 11.1. The molecule has 0 heterocycles. The van der Waals surface area contributed by atoms with Crippen LogP contribution in [0.15, 0.2) is 48.5 Å². The maximum atomic E-state index is 12.8. The molecule has 0 bridgehead atoms. The van der Waals surface area contributed by atoms with Crippen LogP contribution in [0.3, 0.4) is 0 Å². The van der Waals surface area contributed by atoms with E-state index in [-0.39, 0.29) is 11.7 Å². The number of amides is 1. The van der Waals surface area contributed by atoms with Crippen LogP contribution in [0.5, 0.6) is 11.5 Å². The predicted octanol–water partition coefficient (Wildman–Crippen LogP) is 3.44. The summed E-state index contributed by atoms with van der Waals surface area (Å²) < 4.78 is 23.7. The summed E-state index contributed by atoms with van der Waals surface area (Å²) in [5, 5.41) is 3.22. The Morgan fingerprint density at radius 3 is 2.61 bits per heavy atom. The monoisotopic (exact) mass is 337 g/mol. The summed E-state index contributed by atoms with van der Waals surface area (Å²) in [7, 11) is 0. The molecule has 2 aromatic carbocycles. The quantitative estimate of drug-likeness (QED) is 0.787. The summed E-state index contributed by atoms with van der Waals surface area (Å²) in [5.74, 6) is 0.364. The lowest BCUT2D eigenvalue weighted by atomic mass is 10.3. The van der Waals surface area contributed by atoms with Gasteiger partial charge in [0.05, 0.1) is 11.6 Å². The lowest BCUT2D eigenvalue weighted by molar-refractivity contribution is -0.127. The molecule has 0 saturated carbocycles. The Morgan fingerprint density at radius 2 is 1.91 bits per heavy atom. The van der Waals surface area contributed by atoms with Gasteiger partial charge in [-0.05, 0) is 43.3 Å². The van der Waals surface area contributed by atoms with Crippen molar-refractivity contribution in [1.29, 1.82) is 0 Å². The molecule has 0 aromatic heterocycles. The molecule has 23 heavy (non-hydrogen) atoms. The second kappa shape index (κ2) is 8.39. The van der Waals surface area contributed by atoms with Gasteiger partial charge in [0.2, 0.25) is 0 Å².